The van der Waals surface area contributed by atoms with Gasteiger partial charge in [-0.05, 0) is 29.7 Å². The van der Waals surface area contributed by atoms with Gasteiger partial charge in [-0.2, -0.15) is 0 Å². The first kappa shape index (κ1) is 30.9. The largest absolute Gasteiger partial charge is 0.493 e. The summed E-state index contributed by atoms with van der Waals surface area (Å²) < 4.78 is 11.6. The van der Waals surface area contributed by atoms with E-state index in [1.807, 2.05) is 60.7 Å². The highest BCUT2D eigenvalue weighted by molar-refractivity contribution is 5.89. The lowest BCUT2D eigenvalue weighted by atomic mass is 9.91. The molecule has 0 bridgehead atoms. The zero-order chi connectivity index (χ0) is 28.4. The summed E-state index contributed by atoms with van der Waals surface area (Å²) in [6, 6.07) is 23.3. The first-order chi connectivity index (χ1) is 19.6. The molecule has 0 radical (unpaired) electrons. The van der Waals surface area contributed by atoms with Crippen molar-refractivity contribution in [3.05, 3.63) is 95.6 Å². The van der Waals surface area contributed by atoms with Crippen LogP contribution in [0, 0.1) is 0 Å². The van der Waals surface area contributed by atoms with Gasteiger partial charge in [0.2, 0.25) is 0 Å². The fraction of sp³-hybridized carbons (Fsp3) is 0.429. The second-order valence-corrected chi connectivity index (χ2v) is 10.4. The molecule has 0 heterocycles. The summed E-state index contributed by atoms with van der Waals surface area (Å²) in [5, 5.41) is 9.62. The first-order valence-electron chi connectivity index (χ1n) is 14.9. The molecule has 0 saturated heterocycles. The number of carbonyl (C=O) groups is 2. The predicted octanol–water partition coefficient (Wildman–Crippen LogP) is 9.20. The van der Waals surface area contributed by atoms with Gasteiger partial charge in [-0.15, -0.1) is 0 Å². The number of carboxylic acids is 1. The normalized spacial score (nSPS) is 10.9. The van der Waals surface area contributed by atoms with Gasteiger partial charge in [-0.1, -0.05) is 138 Å². The summed E-state index contributed by atoms with van der Waals surface area (Å²) in [6.45, 7) is 2.74. The van der Waals surface area contributed by atoms with Crippen molar-refractivity contribution in [2.24, 2.45) is 0 Å². The lowest BCUT2D eigenvalue weighted by Crippen LogP contribution is -2.20. The van der Waals surface area contributed by atoms with Crippen LogP contribution in [0.15, 0.2) is 78.9 Å². The third kappa shape index (κ3) is 10.9. The van der Waals surface area contributed by atoms with E-state index in [4.69, 9.17) is 9.47 Å². The minimum Gasteiger partial charge on any atom is -0.493 e. The molecule has 40 heavy (non-hydrogen) atoms. The molecule has 0 aliphatic rings. The average Bonchev–Trinajstić information content (AvgIpc) is 2.96. The van der Waals surface area contributed by atoms with E-state index >= 15 is 0 Å². The third-order valence-electron chi connectivity index (χ3n) is 7.11. The highest BCUT2D eigenvalue weighted by Crippen LogP contribution is 2.29. The number of carboxylic acid groups (broad SMARTS) is 1. The van der Waals surface area contributed by atoms with Gasteiger partial charge >= 0.3 is 11.9 Å². The van der Waals surface area contributed by atoms with E-state index < -0.39 is 17.9 Å². The quantitative estimate of drug-likeness (QED) is 0.0925. The minimum atomic E-state index is -1.10. The van der Waals surface area contributed by atoms with Gasteiger partial charge < -0.3 is 14.6 Å². The Bertz CT molecular complexity index is 1100. The van der Waals surface area contributed by atoms with Crippen LogP contribution in [0.2, 0.25) is 0 Å². The summed E-state index contributed by atoms with van der Waals surface area (Å²) in [5.41, 5.74) is 1.62. The molecule has 3 rings (SSSR count). The number of esters is 1. The molecule has 0 spiro atoms. The van der Waals surface area contributed by atoms with Crippen molar-refractivity contribution in [2.45, 2.75) is 89.9 Å². The standard InChI is InChI=1S/C35H44O5/c1-2-3-4-5-6-7-8-9-10-11-12-19-24-39-31-25-30(34(36)37)26-32(27-31)40-35(38)33(28-20-15-13-16-21-28)29-22-17-14-18-23-29/h13-18,20-23,25-27,33H,2-12,19,24H2,1H3,(H,36,37). The fourth-order valence-corrected chi connectivity index (χ4v) is 4.90. The van der Waals surface area contributed by atoms with Gasteiger partial charge in [-0.3, -0.25) is 4.79 Å². The van der Waals surface area contributed by atoms with E-state index in [1.54, 1.807) is 6.07 Å². The Morgan fingerprint density at radius 1 is 0.650 bits per heavy atom. The Morgan fingerprint density at radius 3 is 1.62 bits per heavy atom. The zero-order valence-corrected chi connectivity index (χ0v) is 23.9. The zero-order valence-electron chi connectivity index (χ0n) is 23.9. The molecule has 0 amide bonds. The summed E-state index contributed by atoms with van der Waals surface area (Å²) in [5.74, 6) is -1.67. The van der Waals surface area contributed by atoms with Crippen molar-refractivity contribution in [3.63, 3.8) is 0 Å². The maximum atomic E-state index is 13.4. The monoisotopic (exact) mass is 544 g/mol. The molecular formula is C35H44O5. The van der Waals surface area contributed by atoms with E-state index in [1.165, 1.54) is 76.3 Å². The Kier molecular flexibility index (Phi) is 13.8. The Labute approximate surface area is 239 Å². The molecular weight excluding hydrogens is 500 g/mol. The number of benzene rings is 3. The number of carbonyl (C=O) groups excluding carboxylic acids is 1. The van der Waals surface area contributed by atoms with Gasteiger partial charge in [0.25, 0.3) is 0 Å². The van der Waals surface area contributed by atoms with Crippen LogP contribution in [0.4, 0.5) is 0 Å². The second-order valence-electron chi connectivity index (χ2n) is 10.4. The summed E-state index contributed by atoms with van der Waals surface area (Å²) in [4.78, 5) is 25.1. The van der Waals surface area contributed by atoms with Gasteiger partial charge in [0.15, 0.2) is 0 Å². The van der Waals surface area contributed by atoms with Crippen molar-refractivity contribution in [1.29, 1.82) is 0 Å². The SMILES string of the molecule is CCCCCCCCCCCCCCOc1cc(OC(=O)C(c2ccccc2)c2ccccc2)cc(C(=O)O)c1. The van der Waals surface area contributed by atoms with Crippen molar-refractivity contribution in [3.8, 4) is 11.5 Å². The summed E-state index contributed by atoms with van der Waals surface area (Å²) >= 11 is 0. The van der Waals surface area contributed by atoms with Crippen LogP contribution >= 0.6 is 0 Å². The van der Waals surface area contributed by atoms with E-state index in [2.05, 4.69) is 6.92 Å². The number of hydrogen-bond acceptors (Lipinski definition) is 4. The lowest BCUT2D eigenvalue weighted by molar-refractivity contribution is -0.135. The van der Waals surface area contributed by atoms with Crippen molar-refractivity contribution < 1.29 is 24.2 Å². The Balaban J connectivity index is 1.50. The van der Waals surface area contributed by atoms with Gasteiger partial charge in [0.1, 0.15) is 17.4 Å². The molecule has 0 unspecified atom stereocenters. The molecule has 0 aliphatic carbocycles. The van der Waals surface area contributed by atoms with Crippen LogP contribution in [0.3, 0.4) is 0 Å². The fourth-order valence-electron chi connectivity index (χ4n) is 4.90. The Morgan fingerprint density at radius 2 is 1.12 bits per heavy atom. The summed E-state index contributed by atoms with van der Waals surface area (Å²) in [6.07, 6.45) is 15.1. The maximum Gasteiger partial charge on any atom is 0.335 e. The van der Waals surface area contributed by atoms with Crippen LogP contribution in [0.5, 0.6) is 11.5 Å². The molecule has 3 aromatic carbocycles. The van der Waals surface area contributed by atoms with Crippen molar-refractivity contribution in [1.82, 2.24) is 0 Å². The van der Waals surface area contributed by atoms with Gasteiger partial charge in [0, 0.05) is 6.07 Å². The second kappa shape index (κ2) is 17.9. The topological polar surface area (TPSA) is 72.8 Å². The third-order valence-corrected chi connectivity index (χ3v) is 7.11. The van der Waals surface area contributed by atoms with E-state index in [0.29, 0.717) is 12.4 Å². The number of rotatable bonds is 19. The van der Waals surface area contributed by atoms with Crippen LogP contribution in [0.25, 0.3) is 0 Å². The molecule has 0 atom stereocenters. The van der Waals surface area contributed by atoms with E-state index in [-0.39, 0.29) is 11.3 Å². The van der Waals surface area contributed by atoms with Crippen LogP contribution < -0.4 is 9.47 Å². The molecule has 5 heteroatoms. The molecule has 5 nitrogen and oxygen atoms in total. The highest BCUT2D eigenvalue weighted by atomic mass is 16.5. The molecule has 3 aromatic rings. The number of ether oxygens (including phenoxy) is 2. The van der Waals surface area contributed by atoms with Crippen molar-refractivity contribution >= 4 is 11.9 Å². The smallest absolute Gasteiger partial charge is 0.335 e. The van der Waals surface area contributed by atoms with Crippen LogP contribution in [0.1, 0.15) is 111 Å². The molecule has 0 aromatic heterocycles. The molecule has 1 N–H and O–H groups in total. The van der Waals surface area contributed by atoms with Crippen molar-refractivity contribution in [2.75, 3.05) is 6.61 Å². The van der Waals surface area contributed by atoms with E-state index in [0.717, 1.165) is 24.0 Å². The summed E-state index contributed by atoms with van der Waals surface area (Å²) in [7, 11) is 0. The Hall–Kier alpha value is -3.60. The minimum absolute atomic E-state index is 0.0194. The number of hydrogen-bond donors (Lipinski definition) is 1. The lowest BCUT2D eigenvalue weighted by Gasteiger charge is -2.17. The molecule has 214 valence electrons. The molecule has 0 fully saturated rings. The molecule has 0 saturated carbocycles. The molecule has 0 aliphatic heterocycles. The van der Waals surface area contributed by atoms with Crippen LogP contribution in [-0.4, -0.2) is 23.7 Å². The number of aromatic carboxylic acids is 1. The number of unbranched alkanes of at least 4 members (excludes halogenated alkanes) is 11. The predicted molar refractivity (Wildman–Crippen MR) is 160 cm³/mol. The average molecular weight is 545 g/mol. The highest BCUT2D eigenvalue weighted by Gasteiger charge is 2.25. The first-order valence-corrected chi connectivity index (χ1v) is 14.9. The van der Waals surface area contributed by atoms with Gasteiger partial charge in [-0.25, -0.2) is 4.79 Å². The van der Waals surface area contributed by atoms with E-state index in [9.17, 15) is 14.7 Å². The van der Waals surface area contributed by atoms with Crippen LogP contribution in [-0.2, 0) is 4.79 Å². The maximum absolute atomic E-state index is 13.4. The van der Waals surface area contributed by atoms with Gasteiger partial charge in [0.05, 0.1) is 12.2 Å².